The van der Waals surface area contributed by atoms with Gasteiger partial charge < -0.3 is 10.5 Å². The van der Waals surface area contributed by atoms with Gasteiger partial charge in [0.15, 0.2) is 0 Å². The molecule has 0 fully saturated rings. The minimum Gasteiger partial charge on any atom is -0.425 e. The Hall–Kier alpha value is -0.500. The van der Waals surface area contributed by atoms with E-state index in [1.807, 2.05) is 0 Å². The third-order valence-electron chi connectivity index (χ3n) is 1.54. The van der Waals surface area contributed by atoms with Crippen LogP contribution in [0.1, 0.15) is 0 Å². The van der Waals surface area contributed by atoms with Crippen LogP contribution in [0.2, 0.25) is 0 Å². The number of anilines is 1. The normalized spacial score (nSPS) is 12.6. The molecule has 0 radical (unpaired) electrons. The monoisotopic (exact) mass is 365 g/mol. The SMILES string of the molecule is Nc1cc(Br)ccc1OC(F)(F)C(F)(F)Br. The van der Waals surface area contributed by atoms with E-state index in [0.29, 0.717) is 4.47 Å². The Labute approximate surface area is 105 Å². The maximum Gasteiger partial charge on any atom is 0.475 e. The molecule has 1 aromatic rings. The number of halogens is 6. The van der Waals surface area contributed by atoms with Gasteiger partial charge in [0.1, 0.15) is 5.75 Å². The lowest BCUT2D eigenvalue weighted by Crippen LogP contribution is -2.40. The third-order valence-corrected chi connectivity index (χ3v) is 2.49. The number of hydrogen-bond acceptors (Lipinski definition) is 2. The van der Waals surface area contributed by atoms with Gasteiger partial charge in [-0.05, 0) is 18.2 Å². The maximum atomic E-state index is 12.8. The molecule has 0 aliphatic heterocycles. The van der Waals surface area contributed by atoms with Gasteiger partial charge in [-0.15, -0.1) is 0 Å². The van der Waals surface area contributed by atoms with Crippen LogP contribution >= 0.6 is 31.9 Å². The summed E-state index contributed by atoms with van der Waals surface area (Å²) in [5.41, 5.74) is 5.15. The van der Waals surface area contributed by atoms with Crippen molar-refractivity contribution in [2.75, 3.05) is 5.73 Å². The quantitative estimate of drug-likeness (QED) is 0.498. The molecule has 0 saturated carbocycles. The molecule has 0 saturated heterocycles. The number of nitrogen functional groups attached to an aromatic ring is 1. The van der Waals surface area contributed by atoms with Gasteiger partial charge in [-0.2, -0.15) is 17.6 Å². The molecule has 0 aromatic heterocycles. The molecule has 0 amide bonds. The van der Waals surface area contributed by atoms with Gasteiger partial charge >= 0.3 is 10.9 Å². The van der Waals surface area contributed by atoms with Crippen molar-refractivity contribution in [3.05, 3.63) is 22.7 Å². The third kappa shape index (κ3) is 3.00. The summed E-state index contributed by atoms with van der Waals surface area (Å²) in [6, 6.07) is 3.66. The number of benzene rings is 1. The Morgan fingerprint density at radius 1 is 1.19 bits per heavy atom. The molecule has 0 aliphatic rings. The summed E-state index contributed by atoms with van der Waals surface area (Å²) in [6.45, 7) is 0. The molecular formula is C8H5Br2F4NO. The minimum absolute atomic E-state index is 0.175. The summed E-state index contributed by atoms with van der Waals surface area (Å²) in [4.78, 5) is -4.47. The molecule has 0 aliphatic carbocycles. The Morgan fingerprint density at radius 2 is 1.75 bits per heavy atom. The van der Waals surface area contributed by atoms with Crippen LogP contribution in [0, 0.1) is 0 Å². The van der Waals surface area contributed by atoms with Crippen LogP contribution in [0.15, 0.2) is 22.7 Å². The molecule has 0 atom stereocenters. The average Bonchev–Trinajstić information content (AvgIpc) is 2.08. The molecule has 16 heavy (non-hydrogen) atoms. The van der Waals surface area contributed by atoms with Gasteiger partial charge in [-0.25, -0.2) is 0 Å². The smallest absolute Gasteiger partial charge is 0.425 e. The lowest BCUT2D eigenvalue weighted by molar-refractivity contribution is -0.266. The van der Waals surface area contributed by atoms with E-state index in [4.69, 9.17) is 5.73 Å². The van der Waals surface area contributed by atoms with Crippen LogP contribution in [0.3, 0.4) is 0 Å². The van der Waals surface area contributed by atoms with E-state index in [1.165, 1.54) is 28.1 Å². The molecule has 0 heterocycles. The first-order valence-electron chi connectivity index (χ1n) is 3.82. The van der Waals surface area contributed by atoms with Crippen LogP contribution in [0.4, 0.5) is 23.2 Å². The highest BCUT2D eigenvalue weighted by atomic mass is 79.9. The Kier molecular flexibility index (Phi) is 3.73. The summed E-state index contributed by atoms with van der Waals surface area (Å²) in [6.07, 6.45) is -4.69. The van der Waals surface area contributed by atoms with Crippen molar-refractivity contribution in [2.45, 2.75) is 10.9 Å². The Bertz CT molecular complexity index is 394. The summed E-state index contributed by atoms with van der Waals surface area (Å²) < 4.78 is 54.8. The summed E-state index contributed by atoms with van der Waals surface area (Å²) in [5, 5.41) is 0. The zero-order valence-electron chi connectivity index (χ0n) is 7.49. The minimum atomic E-state index is -4.69. The maximum absolute atomic E-state index is 12.8. The van der Waals surface area contributed by atoms with E-state index >= 15 is 0 Å². The van der Waals surface area contributed by atoms with Gasteiger partial charge in [0, 0.05) is 20.4 Å². The lowest BCUT2D eigenvalue weighted by Gasteiger charge is -2.22. The number of alkyl halides is 5. The molecule has 2 N–H and O–H groups in total. The van der Waals surface area contributed by atoms with Crippen molar-refractivity contribution in [3.8, 4) is 5.75 Å². The molecule has 2 nitrogen and oxygen atoms in total. The Balaban J connectivity index is 2.97. The van der Waals surface area contributed by atoms with Gasteiger partial charge in [-0.1, -0.05) is 15.9 Å². The van der Waals surface area contributed by atoms with E-state index < -0.39 is 16.7 Å². The molecule has 90 valence electrons. The Morgan fingerprint density at radius 3 is 2.19 bits per heavy atom. The van der Waals surface area contributed by atoms with Crippen LogP contribution in [-0.4, -0.2) is 10.9 Å². The van der Waals surface area contributed by atoms with Crippen molar-refractivity contribution < 1.29 is 22.3 Å². The van der Waals surface area contributed by atoms with Gasteiger partial charge in [0.2, 0.25) is 0 Å². The summed E-state index contributed by atoms with van der Waals surface area (Å²) >= 11 is 4.57. The fraction of sp³-hybridized carbons (Fsp3) is 0.250. The zero-order chi connectivity index (χ0) is 12.6. The van der Waals surface area contributed by atoms with Gasteiger partial charge in [-0.3, -0.25) is 0 Å². The second-order valence-electron chi connectivity index (χ2n) is 2.80. The van der Waals surface area contributed by atoms with Gasteiger partial charge in [0.25, 0.3) is 0 Å². The van der Waals surface area contributed by atoms with Crippen molar-refractivity contribution in [1.82, 2.24) is 0 Å². The standard InChI is InChI=1S/C8H5Br2F4NO/c9-4-1-2-6(5(15)3-4)16-8(13,14)7(10,11)12/h1-3H,15H2. The number of hydrogen-bond donors (Lipinski definition) is 1. The highest BCUT2D eigenvalue weighted by Crippen LogP contribution is 2.42. The van der Waals surface area contributed by atoms with Crippen molar-refractivity contribution in [3.63, 3.8) is 0 Å². The first-order chi connectivity index (χ1) is 7.13. The van der Waals surface area contributed by atoms with E-state index in [2.05, 4.69) is 20.7 Å². The molecule has 1 aromatic carbocycles. The van der Waals surface area contributed by atoms with Crippen LogP contribution in [0.5, 0.6) is 5.75 Å². The molecule has 0 spiro atoms. The summed E-state index contributed by atoms with van der Waals surface area (Å²) in [5.74, 6) is -0.521. The molecule has 0 unspecified atom stereocenters. The van der Waals surface area contributed by atoms with E-state index in [9.17, 15) is 17.6 Å². The van der Waals surface area contributed by atoms with Crippen molar-refractivity contribution in [1.29, 1.82) is 0 Å². The first kappa shape index (κ1) is 13.6. The first-order valence-corrected chi connectivity index (χ1v) is 5.40. The van der Waals surface area contributed by atoms with Crippen LogP contribution in [-0.2, 0) is 0 Å². The fourth-order valence-electron chi connectivity index (χ4n) is 0.808. The van der Waals surface area contributed by atoms with Gasteiger partial charge in [0.05, 0.1) is 5.69 Å². The summed E-state index contributed by atoms with van der Waals surface area (Å²) in [7, 11) is 0. The zero-order valence-corrected chi connectivity index (χ0v) is 10.7. The number of nitrogens with two attached hydrogens (primary N) is 1. The average molecular weight is 367 g/mol. The highest BCUT2D eigenvalue weighted by molar-refractivity contribution is 9.10. The largest absolute Gasteiger partial charge is 0.475 e. The van der Waals surface area contributed by atoms with E-state index in [1.54, 1.807) is 0 Å². The van der Waals surface area contributed by atoms with E-state index in [0.717, 1.165) is 6.07 Å². The highest BCUT2D eigenvalue weighted by Gasteiger charge is 2.58. The lowest BCUT2D eigenvalue weighted by atomic mass is 10.3. The molecule has 1 rings (SSSR count). The number of ether oxygens (including phenoxy) is 1. The van der Waals surface area contributed by atoms with Crippen molar-refractivity contribution >= 4 is 37.5 Å². The molecular weight excluding hydrogens is 362 g/mol. The number of rotatable bonds is 3. The van der Waals surface area contributed by atoms with Crippen molar-refractivity contribution in [2.24, 2.45) is 0 Å². The van der Waals surface area contributed by atoms with Crippen LogP contribution in [0.25, 0.3) is 0 Å². The topological polar surface area (TPSA) is 35.2 Å². The second-order valence-corrected chi connectivity index (χ2v) is 4.71. The van der Waals surface area contributed by atoms with Crippen LogP contribution < -0.4 is 10.5 Å². The fourth-order valence-corrected chi connectivity index (χ4v) is 1.27. The molecule has 8 heteroatoms. The predicted octanol–water partition coefficient (Wildman–Crippen LogP) is 3.99. The van der Waals surface area contributed by atoms with E-state index in [-0.39, 0.29) is 5.69 Å². The predicted molar refractivity (Wildman–Crippen MR) is 58.0 cm³/mol. The second kappa shape index (κ2) is 4.40. The molecule has 0 bridgehead atoms.